The first-order valence-corrected chi connectivity index (χ1v) is 8.09. The lowest BCUT2D eigenvalue weighted by Crippen LogP contribution is -2.08. The van der Waals surface area contributed by atoms with Gasteiger partial charge in [-0.3, -0.25) is 4.79 Å². The van der Waals surface area contributed by atoms with Crippen LogP contribution in [0.3, 0.4) is 0 Å². The number of carbonyl (C=O) groups excluding carboxylic acids is 2. The van der Waals surface area contributed by atoms with E-state index < -0.39 is 5.97 Å². The van der Waals surface area contributed by atoms with E-state index in [1.807, 2.05) is 0 Å². The first kappa shape index (κ1) is 18.0. The molecule has 2 N–H and O–H groups in total. The third-order valence-corrected chi connectivity index (χ3v) is 3.70. The second-order valence-corrected chi connectivity index (χ2v) is 5.59. The van der Waals surface area contributed by atoms with E-state index in [0.717, 1.165) is 5.69 Å². The molecule has 0 unspecified atom stereocenters. The standard InChI is InChI=1S/C19H17N5O3/c1-12(25)13-7-9-14(10-8-13)21-17-11-20-24-19(23-17)22-16-6-4-3-5-15(16)18(26)27-2/h3-11H,1-2H3,(H2,21,22,23,24). The number of carbonyl (C=O) groups is 2. The molecule has 3 aromatic rings. The number of anilines is 4. The lowest BCUT2D eigenvalue weighted by atomic mass is 10.1. The van der Waals surface area contributed by atoms with Gasteiger partial charge >= 0.3 is 5.97 Å². The first-order valence-electron chi connectivity index (χ1n) is 8.09. The van der Waals surface area contributed by atoms with Crippen molar-refractivity contribution >= 4 is 34.9 Å². The van der Waals surface area contributed by atoms with Gasteiger partial charge in [-0.2, -0.15) is 10.1 Å². The van der Waals surface area contributed by atoms with Crippen molar-refractivity contribution in [3.63, 3.8) is 0 Å². The Bertz CT molecular complexity index is 973. The fraction of sp³-hybridized carbons (Fsp3) is 0.105. The number of nitrogens with zero attached hydrogens (tertiary/aromatic N) is 3. The van der Waals surface area contributed by atoms with E-state index in [0.29, 0.717) is 22.6 Å². The van der Waals surface area contributed by atoms with Gasteiger partial charge < -0.3 is 15.4 Å². The third kappa shape index (κ3) is 4.43. The molecule has 2 aromatic carbocycles. The minimum Gasteiger partial charge on any atom is -0.465 e. The molecule has 0 saturated carbocycles. The number of esters is 1. The molecule has 0 spiro atoms. The van der Waals surface area contributed by atoms with Crippen LogP contribution < -0.4 is 10.6 Å². The quantitative estimate of drug-likeness (QED) is 0.507. The van der Waals surface area contributed by atoms with Gasteiger partial charge in [0.05, 0.1) is 24.6 Å². The molecule has 1 aromatic heterocycles. The van der Waals surface area contributed by atoms with Crippen molar-refractivity contribution in [3.8, 4) is 0 Å². The molecule has 0 radical (unpaired) electrons. The molecule has 0 saturated heterocycles. The highest BCUT2D eigenvalue weighted by Gasteiger charge is 2.12. The van der Waals surface area contributed by atoms with Crippen molar-refractivity contribution in [3.05, 3.63) is 65.9 Å². The molecule has 0 aliphatic rings. The summed E-state index contributed by atoms with van der Waals surface area (Å²) in [6.07, 6.45) is 1.47. The van der Waals surface area contributed by atoms with E-state index in [-0.39, 0.29) is 11.7 Å². The number of ether oxygens (including phenoxy) is 1. The largest absolute Gasteiger partial charge is 0.465 e. The van der Waals surface area contributed by atoms with Gasteiger partial charge in [-0.05, 0) is 43.3 Å². The zero-order valence-electron chi connectivity index (χ0n) is 14.8. The SMILES string of the molecule is COC(=O)c1ccccc1Nc1nncc(Nc2ccc(C(C)=O)cc2)n1. The molecule has 0 bridgehead atoms. The maximum atomic E-state index is 11.9. The minimum atomic E-state index is -0.467. The summed E-state index contributed by atoms with van der Waals surface area (Å²) in [4.78, 5) is 27.5. The van der Waals surface area contributed by atoms with Gasteiger partial charge in [0.25, 0.3) is 0 Å². The smallest absolute Gasteiger partial charge is 0.339 e. The van der Waals surface area contributed by atoms with Crippen LogP contribution in [0.15, 0.2) is 54.7 Å². The molecule has 0 aliphatic carbocycles. The maximum absolute atomic E-state index is 11.9. The monoisotopic (exact) mass is 363 g/mol. The maximum Gasteiger partial charge on any atom is 0.339 e. The molecule has 3 rings (SSSR count). The molecule has 1 heterocycles. The highest BCUT2D eigenvalue weighted by Crippen LogP contribution is 2.21. The molecule has 8 nitrogen and oxygen atoms in total. The molecular weight excluding hydrogens is 346 g/mol. The predicted molar refractivity (Wildman–Crippen MR) is 101 cm³/mol. The zero-order valence-corrected chi connectivity index (χ0v) is 14.8. The van der Waals surface area contributed by atoms with Crippen molar-refractivity contribution in [2.75, 3.05) is 17.7 Å². The fourth-order valence-corrected chi connectivity index (χ4v) is 2.35. The van der Waals surface area contributed by atoms with Crippen LogP contribution in [0.4, 0.5) is 23.1 Å². The molecular formula is C19H17N5O3. The Kier molecular flexibility index (Phi) is 5.36. The highest BCUT2D eigenvalue weighted by molar-refractivity contribution is 5.96. The van der Waals surface area contributed by atoms with Crippen molar-refractivity contribution in [2.45, 2.75) is 6.92 Å². The number of benzene rings is 2. The number of hydrogen-bond donors (Lipinski definition) is 2. The number of hydrogen-bond acceptors (Lipinski definition) is 8. The number of ketones is 1. The topological polar surface area (TPSA) is 106 Å². The van der Waals surface area contributed by atoms with Gasteiger partial charge in [-0.25, -0.2) is 4.79 Å². The van der Waals surface area contributed by atoms with Crippen molar-refractivity contribution in [1.82, 2.24) is 15.2 Å². The van der Waals surface area contributed by atoms with E-state index in [1.54, 1.807) is 48.5 Å². The Hall–Kier alpha value is -3.81. The van der Waals surface area contributed by atoms with Gasteiger partial charge in [0, 0.05) is 11.3 Å². The van der Waals surface area contributed by atoms with Gasteiger partial charge in [-0.1, -0.05) is 12.1 Å². The van der Waals surface area contributed by atoms with Crippen molar-refractivity contribution < 1.29 is 14.3 Å². The van der Waals surface area contributed by atoms with Crippen molar-refractivity contribution in [2.24, 2.45) is 0 Å². The van der Waals surface area contributed by atoms with E-state index in [4.69, 9.17) is 4.74 Å². The molecule has 136 valence electrons. The Balaban J connectivity index is 1.78. The summed E-state index contributed by atoms with van der Waals surface area (Å²) in [5.74, 6) is 0.210. The van der Waals surface area contributed by atoms with Crippen LogP contribution in [-0.2, 0) is 4.74 Å². The van der Waals surface area contributed by atoms with Gasteiger partial charge in [0.15, 0.2) is 11.6 Å². The van der Waals surface area contributed by atoms with E-state index in [1.165, 1.54) is 20.2 Å². The Morgan fingerprint density at radius 2 is 1.74 bits per heavy atom. The average molecular weight is 363 g/mol. The zero-order chi connectivity index (χ0) is 19.2. The average Bonchev–Trinajstić information content (AvgIpc) is 2.68. The summed E-state index contributed by atoms with van der Waals surface area (Å²) in [7, 11) is 1.32. The number of para-hydroxylation sites is 1. The molecule has 8 heteroatoms. The van der Waals surface area contributed by atoms with Crippen LogP contribution in [0, 0.1) is 0 Å². The third-order valence-electron chi connectivity index (χ3n) is 3.70. The van der Waals surface area contributed by atoms with Gasteiger partial charge in [0.2, 0.25) is 5.95 Å². The molecule has 0 amide bonds. The normalized spacial score (nSPS) is 10.1. The Morgan fingerprint density at radius 3 is 2.44 bits per heavy atom. The predicted octanol–water partition coefficient (Wildman–Crippen LogP) is 3.35. The fourth-order valence-electron chi connectivity index (χ4n) is 2.35. The summed E-state index contributed by atoms with van der Waals surface area (Å²) in [6.45, 7) is 1.51. The lowest BCUT2D eigenvalue weighted by molar-refractivity contribution is 0.0601. The van der Waals surface area contributed by atoms with Gasteiger partial charge in [-0.15, -0.1) is 5.10 Å². The van der Waals surface area contributed by atoms with Crippen LogP contribution in [0.1, 0.15) is 27.6 Å². The second-order valence-electron chi connectivity index (χ2n) is 5.59. The minimum absolute atomic E-state index is 0.000935. The van der Waals surface area contributed by atoms with Crippen LogP contribution in [0.2, 0.25) is 0 Å². The van der Waals surface area contributed by atoms with Gasteiger partial charge in [0.1, 0.15) is 0 Å². The Labute approximate surface area is 155 Å². The Morgan fingerprint density at radius 1 is 1.00 bits per heavy atom. The van der Waals surface area contributed by atoms with E-state index in [9.17, 15) is 9.59 Å². The number of rotatable bonds is 6. The summed E-state index contributed by atoms with van der Waals surface area (Å²) in [6, 6.07) is 13.9. The number of nitrogens with one attached hydrogen (secondary N) is 2. The summed E-state index contributed by atoms with van der Waals surface area (Å²) in [5, 5.41) is 13.9. The van der Waals surface area contributed by atoms with Crippen LogP contribution >= 0.6 is 0 Å². The number of Topliss-reactive ketones (excluding diaryl/α,β-unsaturated/α-hetero) is 1. The van der Waals surface area contributed by atoms with E-state index in [2.05, 4.69) is 25.8 Å². The van der Waals surface area contributed by atoms with E-state index >= 15 is 0 Å². The molecule has 0 fully saturated rings. The van der Waals surface area contributed by atoms with Crippen LogP contribution in [0.25, 0.3) is 0 Å². The molecule has 27 heavy (non-hydrogen) atoms. The first-order chi connectivity index (χ1) is 13.1. The molecule has 0 aliphatic heterocycles. The summed E-state index contributed by atoms with van der Waals surface area (Å²) >= 11 is 0. The number of methoxy groups -OCH3 is 1. The number of aromatic nitrogens is 3. The van der Waals surface area contributed by atoms with Crippen molar-refractivity contribution in [1.29, 1.82) is 0 Å². The van der Waals surface area contributed by atoms with Crippen LogP contribution in [0.5, 0.6) is 0 Å². The van der Waals surface area contributed by atoms with Crippen LogP contribution in [-0.4, -0.2) is 34.0 Å². The second kappa shape index (κ2) is 8.05. The summed E-state index contributed by atoms with van der Waals surface area (Å²) in [5.41, 5.74) is 2.25. The molecule has 0 atom stereocenters. The summed E-state index contributed by atoms with van der Waals surface area (Å²) < 4.78 is 4.77. The lowest BCUT2D eigenvalue weighted by Gasteiger charge is -2.10. The highest BCUT2D eigenvalue weighted by atomic mass is 16.5.